The summed E-state index contributed by atoms with van der Waals surface area (Å²) in [5.74, 6) is 1.78. The third-order valence-electron chi connectivity index (χ3n) is 3.94. The number of fused-ring (bicyclic) bond motifs is 1. The summed E-state index contributed by atoms with van der Waals surface area (Å²) < 4.78 is 0. The quantitative estimate of drug-likeness (QED) is 0.855. The van der Waals surface area contributed by atoms with Gasteiger partial charge in [-0.25, -0.2) is 0 Å². The van der Waals surface area contributed by atoms with Crippen LogP contribution in [0.15, 0.2) is 24.3 Å². The maximum absolute atomic E-state index is 3.56. The Hall–Kier alpha value is -1.02. The summed E-state index contributed by atoms with van der Waals surface area (Å²) in [6.45, 7) is 3.67. The lowest BCUT2D eigenvalue weighted by molar-refractivity contribution is 0.269. The molecule has 1 fully saturated rings. The summed E-state index contributed by atoms with van der Waals surface area (Å²) >= 11 is 0. The number of anilines is 1. The molecule has 0 aromatic heterocycles. The summed E-state index contributed by atoms with van der Waals surface area (Å²) in [7, 11) is 2.28. The van der Waals surface area contributed by atoms with Crippen LogP contribution in [0.2, 0.25) is 0 Å². The third-order valence-corrected chi connectivity index (χ3v) is 3.94. The number of rotatable bonds is 4. The second kappa shape index (κ2) is 4.69. The molecule has 1 aromatic carbocycles. The highest BCUT2D eigenvalue weighted by Gasteiger charge is 2.25. The molecule has 1 N–H and O–H groups in total. The molecule has 1 saturated carbocycles. The van der Waals surface area contributed by atoms with Crippen molar-refractivity contribution in [3.8, 4) is 0 Å². The minimum absolute atomic E-state index is 0.772. The Morgan fingerprint density at radius 1 is 1.18 bits per heavy atom. The van der Waals surface area contributed by atoms with Gasteiger partial charge in [0.2, 0.25) is 0 Å². The van der Waals surface area contributed by atoms with Gasteiger partial charge in [0.05, 0.1) is 0 Å². The zero-order valence-electron chi connectivity index (χ0n) is 10.7. The summed E-state index contributed by atoms with van der Waals surface area (Å²) in [4.78, 5) is 2.53. The second-order valence-electron chi connectivity index (χ2n) is 5.77. The van der Waals surface area contributed by atoms with Crippen molar-refractivity contribution in [2.75, 3.05) is 32.0 Å². The van der Waals surface area contributed by atoms with Crippen LogP contribution in [0.1, 0.15) is 18.4 Å². The number of nitrogens with one attached hydrogen (secondary N) is 1. The van der Waals surface area contributed by atoms with Crippen LogP contribution < -0.4 is 5.32 Å². The molecule has 2 nitrogen and oxygen atoms in total. The third kappa shape index (κ3) is 2.81. The predicted molar refractivity (Wildman–Crippen MR) is 72.3 cm³/mol. The first-order chi connectivity index (χ1) is 8.31. The fourth-order valence-corrected chi connectivity index (χ4v) is 2.89. The number of benzene rings is 1. The Morgan fingerprint density at radius 2 is 1.94 bits per heavy atom. The molecular formula is C15H22N2. The lowest BCUT2D eigenvalue weighted by Crippen LogP contribution is -2.34. The maximum atomic E-state index is 3.56. The van der Waals surface area contributed by atoms with E-state index in [1.54, 1.807) is 0 Å². The van der Waals surface area contributed by atoms with Crippen molar-refractivity contribution in [1.29, 1.82) is 0 Å². The van der Waals surface area contributed by atoms with Gasteiger partial charge in [0, 0.05) is 25.3 Å². The van der Waals surface area contributed by atoms with Crippen molar-refractivity contribution >= 4 is 5.69 Å². The zero-order valence-corrected chi connectivity index (χ0v) is 10.7. The lowest BCUT2D eigenvalue weighted by Gasteiger charge is -2.29. The van der Waals surface area contributed by atoms with E-state index in [1.807, 2.05) is 0 Å². The van der Waals surface area contributed by atoms with Crippen molar-refractivity contribution < 1.29 is 0 Å². The molecule has 0 spiro atoms. The van der Waals surface area contributed by atoms with Crippen LogP contribution in [0.25, 0.3) is 0 Å². The Balaban J connectivity index is 1.56. The van der Waals surface area contributed by atoms with Crippen molar-refractivity contribution in [2.24, 2.45) is 11.8 Å². The number of para-hydroxylation sites is 1. The number of hydrogen-bond donors (Lipinski definition) is 1. The molecule has 1 aliphatic heterocycles. The average molecular weight is 230 g/mol. The highest BCUT2D eigenvalue weighted by atomic mass is 15.1. The maximum Gasteiger partial charge on any atom is 0.0372 e. The molecule has 1 atom stereocenters. The van der Waals surface area contributed by atoms with E-state index in [4.69, 9.17) is 0 Å². The summed E-state index contributed by atoms with van der Waals surface area (Å²) in [5.41, 5.74) is 2.83. The number of hydrogen-bond acceptors (Lipinski definition) is 2. The highest BCUT2D eigenvalue weighted by Crippen LogP contribution is 2.30. The van der Waals surface area contributed by atoms with Crippen LogP contribution in [0.5, 0.6) is 0 Å². The first kappa shape index (κ1) is 11.1. The first-order valence-corrected chi connectivity index (χ1v) is 6.81. The Morgan fingerprint density at radius 3 is 2.76 bits per heavy atom. The van der Waals surface area contributed by atoms with Gasteiger partial charge in [0.25, 0.3) is 0 Å². The van der Waals surface area contributed by atoms with Crippen LogP contribution in [0.3, 0.4) is 0 Å². The molecule has 17 heavy (non-hydrogen) atoms. The molecule has 1 aliphatic carbocycles. The molecule has 1 heterocycles. The van der Waals surface area contributed by atoms with E-state index in [0.29, 0.717) is 0 Å². The molecule has 2 heteroatoms. The highest BCUT2D eigenvalue weighted by molar-refractivity contribution is 5.53. The van der Waals surface area contributed by atoms with E-state index in [0.717, 1.165) is 18.4 Å². The molecule has 0 saturated heterocycles. The summed E-state index contributed by atoms with van der Waals surface area (Å²) in [6.07, 6.45) is 4.14. The van der Waals surface area contributed by atoms with Crippen LogP contribution in [0, 0.1) is 11.8 Å². The molecule has 2 aliphatic rings. The lowest BCUT2D eigenvalue weighted by atomic mass is 9.93. The largest absolute Gasteiger partial charge is 0.384 e. The fourth-order valence-electron chi connectivity index (χ4n) is 2.89. The van der Waals surface area contributed by atoms with Crippen LogP contribution in [-0.4, -0.2) is 31.6 Å². The molecule has 1 aromatic rings. The molecule has 1 unspecified atom stereocenters. The van der Waals surface area contributed by atoms with Gasteiger partial charge in [-0.2, -0.15) is 0 Å². The van der Waals surface area contributed by atoms with Gasteiger partial charge in [-0.05, 0) is 49.8 Å². The van der Waals surface area contributed by atoms with Crippen LogP contribution in [-0.2, 0) is 6.42 Å². The van der Waals surface area contributed by atoms with E-state index in [2.05, 4.69) is 41.5 Å². The Bertz CT molecular complexity index is 384. The van der Waals surface area contributed by atoms with Gasteiger partial charge >= 0.3 is 0 Å². The van der Waals surface area contributed by atoms with Gasteiger partial charge in [-0.15, -0.1) is 0 Å². The predicted octanol–water partition coefficient (Wildman–Crippen LogP) is 2.61. The molecule has 0 amide bonds. The van der Waals surface area contributed by atoms with Gasteiger partial charge in [0.15, 0.2) is 0 Å². The summed E-state index contributed by atoms with van der Waals surface area (Å²) in [6, 6.07) is 8.72. The fraction of sp³-hybridized carbons (Fsp3) is 0.600. The van der Waals surface area contributed by atoms with Gasteiger partial charge in [0.1, 0.15) is 0 Å². The van der Waals surface area contributed by atoms with E-state index in [1.165, 1.54) is 43.6 Å². The normalized spacial score (nSPS) is 23.3. The first-order valence-electron chi connectivity index (χ1n) is 6.81. The molecule has 3 rings (SSSR count). The monoisotopic (exact) mass is 230 g/mol. The molecule has 0 bridgehead atoms. The van der Waals surface area contributed by atoms with E-state index < -0.39 is 0 Å². The van der Waals surface area contributed by atoms with E-state index in [9.17, 15) is 0 Å². The SMILES string of the molecule is CN(CC1CC1)CC1CNc2ccccc2C1. The van der Waals surface area contributed by atoms with Gasteiger partial charge in [-0.1, -0.05) is 18.2 Å². The van der Waals surface area contributed by atoms with Crippen molar-refractivity contribution in [3.63, 3.8) is 0 Å². The van der Waals surface area contributed by atoms with E-state index in [-0.39, 0.29) is 0 Å². The van der Waals surface area contributed by atoms with Crippen molar-refractivity contribution in [1.82, 2.24) is 4.90 Å². The number of nitrogens with zero attached hydrogens (tertiary/aromatic N) is 1. The van der Waals surface area contributed by atoms with Crippen molar-refractivity contribution in [2.45, 2.75) is 19.3 Å². The topological polar surface area (TPSA) is 15.3 Å². The Labute approximate surface area is 104 Å². The molecule has 92 valence electrons. The van der Waals surface area contributed by atoms with Crippen LogP contribution >= 0.6 is 0 Å². The standard InChI is InChI=1S/C15H22N2/c1-17(10-12-6-7-12)11-13-8-14-4-2-3-5-15(14)16-9-13/h2-5,12-13,16H,6-11H2,1H3. The zero-order chi connectivity index (χ0) is 11.7. The average Bonchev–Trinajstić information content (AvgIpc) is 3.12. The van der Waals surface area contributed by atoms with Gasteiger partial charge < -0.3 is 10.2 Å². The minimum Gasteiger partial charge on any atom is -0.384 e. The van der Waals surface area contributed by atoms with Crippen molar-refractivity contribution in [3.05, 3.63) is 29.8 Å². The second-order valence-corrected chi connectivity index (χ2v) is 5.77. The summed E-state index contributed by atoms with van der Waals surface area (Å²) in [5, 5.41) is 3.56. The molecule has 0 radical (unpaired) electrons. The molecular weight excluding hydrogens is 208 g/mol. The smallest absolute Gasteiger partial charge is 0.0372 e. The van der Waals surface area contributed by atoms with E-state index >= 15 is 0 Å². The Kier molecular flexibility index (Phi) is 3.06. The minimum atomic E-state index is 0.772. The van der Waals surface area contributed by atoms with Crippen LogP contribution in [0.4, 0.5) is 5.69 Å². The van der Waals surface area contributed by atoms with Gasteiger partial charge in [-0.3, -0.25) is 0 Å².